The molecule has 1 heterocycles. The zero-order valence-corrected chi connectivity index (χ0v) is 8.80. The van der Waals surface area contributed by atoms with Crippen molar-refractivity contribution in [3.63, 3.8) is 0 Å². The van der Waals surface area contributed by atoms with E-state index in [0.29, 0.717) is 6.54 Å². The van der Waals surface area contributed by atoms with Crippen molar-refractivity contribution in [1.29, 1.82) is 0 Å². The molecule has 86 valence electrons. The number of rotatable bonds is 3. The van der Waals surface area contributed by atoms with Crippen molar-refractivity contribution >= 4 is 5.78 Å². The van der Waals surface area contributed by atoms with Gasteiger partial charge in [0.25, 0.3) is 0 Å². The first kappa shape index (κ1) is 11.2. The minimum Gasteiger partial charge on any atom is -0.316 e. The van der Waals surface area contributed by atoms with Crippen molar-refractivity contribution in [2.75, 3.05) is 13.1 Å². The molecular weight excluding hydrogens is 212 g/mol. The highest BCUT2D eigenvalue weighted by molar-refractivity contribution is 5.83. The summed E-state index contributed by atoms with van der Waals surface area (Å²) in [5.41, 5.74) is 0.150. The largest absolute Gasteiger partial charge is 0.316 e. The molecule has 1 aromatic carbocycles. The van der Waals surface area contributed by atoms with E-state index in [1.807, 2.05) is 0 Å². The van der Waals surface area contributed by atoms with E-state index in [0.717, 1.165) is 31.2 Å². The van der Waals surface area contributed by atoms with Gasteiger partial charge in [-0.2, -0.15) is 0 Å². The summed E-state index contributed by atoms with van der Waals surface area (Å²) in [5.74, 6) is -1.09. The molecule has 1 atom stereocenters. The van der Waals surface area contributed by atoms with Crippen molar-refractivity contribution in [1.82, 2.24) is 5.32 Å². The lowest BCUT2D eigenvalue weighted by molar-refractivity contribution is -0.121. The highest BCUT2D eigenvalue weighted by Crippen LogP contribution is 2.15. The fourth-order valence-corrected chi connectivity index (χ4v) is 1.94. The Kier molecular flexibility index (Phi) is 3.29. The number of hydrogen-bond donors (Lipinski definition) is 1. The maximum Gasteiger partial charge on any atom is 0.141 e. The number of carbonyl (C=O) groups is 1. The molecule has 1 unspecified atom stereocenters. The topological polar surface area (TPSA) is 29.1 Å². The molecule has 1 saturated heterocycles. The molecule has 0 radical (unpaired) electrons. The lowest BCUT2D eigenvalue weighted by Crippen LogP contribution is -2.20. The van der Waals surface area contributed by atoms with Gasteiger partial charge in [0, 0.05) is 18.9 Å². The summed E-state index contributed by atoms with van der Waals surface area (Å²) in [6.07, 6.45) is 0.770. The quantitative estimate of drug-likeness (QED) is 0.848. The summed E-state index contributed by atoms with van der Waals surface area (Å²) in [5, 5.41) is 3.08. The first-order chi connectivity index (χ1) is 7.66. The van der Waals surface area contributed by atoms with Crippen molar-refractivity contribution in [3.05, 3.63) is 35.4 Å². The molecule has 0 saturated carbocycles. The van der Waals surface area contributed by atoms with Crippen LogP contribution < -0.4 is 5.32 Å². The Labute approximate surface area is 92.7 Å². The Morgan fingerprint density at radius 2 is 2.25 bits per heavy atom. The second-order valence-electron chi connectivity index (χ2n) is 4.07. The van der Waals surface area contributed by atoms with Gasteiger partial charge in [0.05, 0.1) is 0 Å². The second-order valence-corrected chi connectivity index (χ2v) is 4.07. The lowest BCUT2D eigenvalue weighted by atomic mass is 9.97. The van der Waals surface area contributed by atoms with E-state index in [1.165, 1.54) is 0 Å². The summed E-state index contributed by atoms with van der Waals surface area (Å²) in [4.78, 5) is 11.7. The molecule has 0 spiro atoms. The van der Waals surface area contributed by atoms with Crippen LogP contribution in [0.15, 0.2) is 18.2 Å². The standard InChI is InChI=1S/C12H13F2NO/c13-10-1-2-11(14)9(5-10)6-12(16)8-3-4-15-7-8/h1-2,5,8,15H,3-4,6-7H2. The van der Waals surface area contributed by atoms with Crippen LogP contribution >= 0.6 is 0 Å². The van der Waals surface area contributed by atoms with E-state index < -0.39 is 11.6 Å². The van der Waals surface area contributed by atoms with Crippen LogP contribution in [0.1, 0.15) is 12.0 Å². The van der Waals surface area contributed by atoms with Gasteiger partial charge in [-0.25, -0.2) is 8.78 Å². The van der Waals surface area contributed by atoms with Crippen LogP contribution in [-0.2, 0) is 11.2 Å². The maximum atomic E-state index is 13.3. The van der Waals surface area contributed by atoms with Gasteiger partial charge in [-0.15, -0.1) is 0 Å². The lowest BCUT2D eigenvalue weighted by Gasteiger charge is -2.07. The molecule has 2 rings (SSSR count). The van der Waals surface area contributed by atoms with E-state index in [4.69, 9.17) is 0 Å². The van der Waals surface area contributed by atoms with Gasteiger partial charge < -0.3 is 5.32 Å². The number of nitrogens with one attached hydrogen (secondary N) is 1. The van der Waals surface area contributed by atoms with Crippen molar-refractivity contribution < 1.29 is 13.6 Å². The fourth-order valence-electron chi connectivity index (χ4n) is 1.94. The number of halogens is 2. The van der Waals surface area contributed by atoms with Gasteiger partial charge in [0.15, 0.2) is 0 Å². The van der Waals surface area contributed by atoms with Gasteiger partial charge >= 0.3 is 0 Å². The van der Waals surface area contributed by atoms with Gasteiger partial charge in [-0.3, -0.25) is 4.79 Å². The van der Waals surface area contributed by atoms with Crippen LogP contribution in [0.4, 0.5) is 8.78 Å². The van der Waals surface area contributed by atoms with Gasteiger partial charge in [0.1, 0.15) is 17.4 Å². The highest BCUT2D eigenvalue weighted by atomic mass is 19.1. The molecule has 1 aliphatic rings. The number of carbonyl (C=O) groups excluding carboxylic acids is 1. The molecule has 4 heteroatoms. The fraction of sp³-hybridized carbons (Fsp3) is 0.417. The monoisotopic (exact) mass is 225 g/mol. The van der Waals surface area contributed by atoms with Crippen LogP contribution in [0.5, 0.6) is 0 Å². The van der Waals surface area contributed by atoms with Crippen LogP contribution in [0, 0.1) is 17.6 Å². The molecule has 0 aliphatic carbocycles. The molecule has 1 aromatic rings. The van der Waals surface area contributed by atoms with Crippen LogP contribution in [0.25, 0.3) is 0 Å². The molecule has 1 N–H and O–H groups in total. The number of ketones is 1. The molecule has 1 aliphatic heterocycles. The Hall–Kier alpha value is -1.29. The summed E-state index contributed by atoms with van der Waals surface area (Å²) in [6, 6.07) is 3.21. The van der Waals surface area contributed by atoms with Crippen LogP contribution in [0.2, 0.25) is 0 Å². The predicted molar refractivity (Wildman–Crippen MR) is 56.0 cm³/mol. The van der Waals surface area contributed by atoms with E-state index in [2.05, 4.69) is 5.32 Å². The highest BCUT2D eigenvalue weighted by Gasteiger charge is 2.23. The SMILES string of the molecule is O=C(Cc1cc(F)ccc1F)C1CCNC1. The second kappa shape index (κ2) is 4.70. The Morgan fingerprint density at radius 1 is 1.44 bits per heavy atom. The zero-order chi connectivity index (χ0) is 11.5. The number of hydrogen-bond acceptors (Lipinski definition) is 2. The molecule has 0 bridgehead atoms. The van der Waals surface area contributed by atoms with Crippen LogP contribution in [0.3, 0.4) is 0 Å². The Balaban J connectivity index is 2.07. The zero-order valence-electron chi connectivity index (χ0n) is 8.80. The minimum absolute atomic E-state index is 0.0179. The number of benzene rings is 1. The third-order valence-corrected chi connectivity index (χ3v) is 2.89. The van der Waals surface area contributed by atoms with E-state index in [1.54, 1.807) is 0 Å². The average molecular weight is 225 g/mol. The summed E-state index contributed by atoms with van der Waals surface area (Å²) >= 11 is 0. The average Bonchev–Trinajstić information content (AvgIpc) is 2.76. The van der Waals surface area contributed by atoms with Crippen LogP contribution in [-0.4, -0.2) is 18.9 Å². The van der Waals surface area contributed by atoms with Crippen molar-refractivity contribution in [2.45, 2.75) is 12.8 Å². The summed E-state index contributed by atoms with van der Waals surface area (Å²) < 4.78 is 26.2. The normalized spacial score (nSPS) is 20.0. The predicted octanol–water partition coefficient (Wildman–Crippen LogP) is 1.69. The van der Waals surface area contributed by atoms with Crippen molar-refractivity contribution in [3.8, 4) is 0 Å². The van der Waals surface area contributed by atoms with Gasteiger partial charge in [-0.05, 0) is 36.7 Å². The maximum absolute atomic E-state index is 13.3. The number of Topliss-reactive ketones (excluding diaryl/α,β-unsaturated/α-hetero) is 1. The smallest absolute Gasteiger partial charge is 0.141 e. The van der Waals surface area contributed by atoms with E-state index in [9.17, 15) is 13.6 Å². The van der Waals surface area contributed by atoms with E-state index >= 15 is 0 Å². The molecule has 0 aromatic heterocycles. The molecule has 0 amide bonds. The first-order valence-corrected chi connectivity index (χ1v) is 5.34. The molecule has 16 heavy (non-hydrogen) atoms. The molecular formula is C12H13F2NO. The summed E-state index contributed by atoms with van der Waals surface area (Å²) in [7, 11) is 0. The van der Waals surface area contributed by atoms with Gasteiger partial charge in [-0.1, -0.05) is 0 Å². The van der Waals surface area contributed by atoms with Crippen molar-refractivity contribution in [2.24, 2.45) is 5.92 Å². The van der Waals surface area contributed by atoms with E-state index in [-0.39, 0.29) is 23.7 Å². The first-order valence-electron chi connectivity index (χ1n) is 5.34. The Bertz CT molecular complexity index is 400. The molecule has 2 nitrogen and oxygen atoms in total. The Morgan fingerprint density at radius 3 is 2.94 bits per heavy atom. The minimum atomic E-state index is -0.513. The third kappa shape index (κ3) is 2.44. The summed E-state index contributed by atoms with van der Waals surface area (Å²) in [6.45, 7) is 1.47. The third-order valence-electron chi connectivity index (χ3n) is 2.89. The molecule has 1 fully saturated rings. The van der Waals surface area contributed by atoms with Gasteiger partial charge in [0.2, 0.25) is 0 Å².